The lowest BCUT2D eigenvalue weighted by molar-refractivity contribution is 0.569. The molecule has 0 saturated heterocycles. The molecule has 2 aromatic heterocycles. The number of anilines is 8. The van der Waals surface area contributed by atoms with Crippen LogP contribution in [0.3, 0.4) is 0 Å². The van der Waals surface area contributed by atoms with Gasteiger partial charge in [-0.3, -0.25) is 0 Å². The Morgan fingerprint density at radius 3 is 1.63 bits per heavy atom. The second-order valence-corrected chi connectivity index (χ2v) is 28.4. The van der Waals surface area contributed by atoms with Crippen molar-refractivity contribution < 1.29 is 21.9 Å². The first-order valence-electron chi connectivity index (χ1n) is 42.1. The standard InChI is InChI=1S/C94H75BN6/c1-93(2,3)67-51-66(52-68(56-67)94(4,5)6)63-32-26-33-69(53-63)97(71-54-64(61-28-10-8-11-29-61)50-65(55-71)62-30-12-9-13-31-62)90-58-72(99-83-42-22-16-36-75(83)76-37-17-23-43-84(76)99)59-91-92(90)95(7)80-49-48-70(98-81-40-20-14-34-73(81)74-35-15-21-41-82(74)98)57-89(80)101(91)88-47-27-46-87(79(88)60-96)100-85-44-24-18-38-77(85)78-39-19-25-45-86(78)100/h8-59,75,83H,1-7H3/i14D,15D,16D,17D,20D,21D,22D,23D,34D,35D,36D,37D,40D,41D,42D,43D. The molecular weight excluding hydrogens is 1220 g/mol. The molecule has 0 N–H and O–H groups in total. The van der Waals surface area contributed by atoms with Gasteiger partial charge in [0.1, 0.15) is 11.6 Å². The molecular formula is C94H75BN6. The van der Waals surface area contributed by atoms with Gasteiger partial charge in [-0.25, -0.2) is 0 Å². The van der Waals surface area contributed by atoms with Crippen LogP contribution >= 0.6 is 0 Å². The van der Waals surface area contributed by atoms with Crippen molar-refractivity contribution in [2.75, 3.05) is 14.7 Å². The van der Waals surface area contributed by atoms with Crippen molar-refractivity contribution in [1.82, 2.24) is 9.13 Å². The maximum Gasteiger partial charge on any atom is 0.214 e. The number of aromatic nitrogens is 2. The third-order valence-electron chi connectivity index (χ3n) is 20.4. The summed E-state index contributed by atoms with van der Waals surface area (Å²) >= 11 is 0. The summed E-state index contributed by atoms with van der Waals surface area (Å²) in [5, 5.41) is 14.1. The molecule has 2 aliphatic heterocycles. The highest BCUT2D eigenvalue weighted by atomic mass is 15.2. The van der Waals surface area contributed by atoms with Crippen LogP contribution in [0.4, 0.5) is 45.5 Å². The average molecular weight is 1320 g/mol. The van der Waals surface area contributed by atoms with Crippen molar-refractivity contribution in [3.05, 3.63) is 337 Å². The van der Waals surface area contributed by atoms with Crippen LogP contribution in [-0.4, -0.2) is 21.9 Å². The quantitative estimate of drug-likeness (QED) is 0.128. The van der Waals surface area contributed by atoms with Gasteiger partial charge in [-0.2, -0.15) is 5.26 Å². The molecule has 13 aromatic carbocycles. The number of hydrogen-bond acceptors (Lipinski definition) is 4. The molecule has 18 rings (SSSR count). The molecule has 15 aromatic rings. The SMILES string of the molecule is [2H]C1=C([2H])C2c3c([2H])c([2H])c([2H])c([2H])c3N(c3cc(N(c4cccc(-c5cc(C(C)(C)C)cc(C(C)(C)C)c5)c4)c4cc(-c5ccccc5)cc(-c5ccccc5)c4)c4c(c3)N(c3cccc(-n5c6ccccc6c6ccccc65)c3C#N)c3cc(-n5c6c([2H])c([2H])c([2H])c([2H])c6c6c([2H])c([2H])c([2H])c([2H])c65)ccc3B4C)C2C([2H])=C1[2H]. The molecule has 2 unspecified atom stereocenters. The minimum atomic E-state index is -1.43. The lowest BCUT2D eigenvalue weighted by atomic mass is 9.40. The van der Waals surface area contributed by atoms with E-state index in [0.717, 1.165) is 66.3 Å². The summed E-state index contributed by atoms with van der Waals surface area (Å²) in [6.45, 7) is 14.5. The van der Waals surface area contributed by atoms with Crippen LogP contribution in [0.25, 0.3) is 88.4 Å². The van der Waals surface area contributed by atoms with Gasteiger partial charge in [0.05, 0.1) is 61.4 Å². The van der Waals surface area contributed by atoms with Gasteiger partial charge in [-0.15, -0.1) is 0 Å². The predicted octanol–water partition coefficient (Wildman–Crippen LogP) is 23.6. The van der Waals surface area contributed by atoms with E-state index < -0.39 is 115 Å². The third kappa shape index (κ3) is 10.1. The lowest BCUT2D eigenvalue weighted by Crippen LogP contribution is -2.50. The number of hydrogen-bond donors (Lipinski definition) is 0. The molecule has 1 aliphatic carbocycles. The fourth-order valence-electron chi connectivity index (χ4n) is 15.4. The molecule has 0 fully saturated rings. The Balaban J connectivity index is 1.03. The van der Waals surface area contributed by atoms with E-state index in [1.165, 1.54) is 4.57 Å². The molecule has 0 radical (unpaired) electrons. The number of rotatable bonds is 10. The van der Waals surface area contributed by atoms with Crippen molar-refractivity contribution in [2.24, 2.45) is 0 Å². The fraction of sp³-hybridized carbons (Fsp3) is 0.117. The number of para-hydroxylation sites is 5. The van der Waals surface area contributed by atoms with Crippen LogP contribution in [0, 0.1) is 11.3 Å². The Bertz CT molecular complexity index is 6730. The van der Waals surface area contributed by atoms with E-state index >= 15 is 0 Å². The van der Waals surface area contributed by atoms with Crippen LogP contribution < -0.4 is 25.6 Å². The van der Waals surface area contributed by atoms with Crippen molar-refractivity contribution in [2.45, 2.75) is 71.2 Å². The first-order valence-corrected chi connectivity index (χ1v) is 34.1. The molecule has 101 heavy (non-hydrogen) atoms. The van der Waals surface area contributed by atoms with Gasteiger partial charge >= 0.3 is 0 Å². The van der Waals surface area contributed by atoms with E-state index in [2.05, 4.69) is 137 Å². The molecule has 0 spiro atoms. The number of benzene rings is 13. The zero-order chi connectivity index (χ0) is 82.3. The Kier molecular flexibility index (Phi) is 10.9. The highest BCUT2D eigenvalue weighted by Gasteiger charge is 2.42. The summed E-state index contributed by atoms with van der Waals surface area (Å²) in [7, 11) is 0. The molecule has 4 heterocycles. The Hall–Kier alpha value is -12.1. The molecule has 6 nitrogen and oxygen atoms in total. The molecule has 3 aliphatic rings. The Labute approximate surface area is 614 Å². The monoisotopic (exact) mass is 1310 g/mol. The van der Waals surface area contributed by atoms with Gasteiger partial charge in [0.25, 0.3) is 0 Å². The summed E-state index contributed by atoms with van der Waals surface area (Å²) in [6, 6.07) is 65.1. The minimum absolute atomic E-state index is 0.0371. The average Bonchev–Trinajstić information content (AvgIpc) is 1.69. The zero-order valence-electron chi connectivity index (χ0n) is 72.7. The Morgan fingerprint density at radius 2 is 0.980 bits per heavy atom. The first-order chi connectivity index (χ1) is 55.9. The summed E-state index contributed by atoms with van der Waals surface area (Å²) in [5.41, 5.74) is 13.5. The van der Waals surface area contributed by atoms with Crippen LogP contribution in [0.2, 0.25) is 6.82 Å². The maximum atomic E-state index is 12.6. The van der Waals surface area contributed by atoms with Crippen molar-refractivity contribution in [1.29, 1.82) is 5.26 Å². The Morgan fingerprint density at radius 1 is 0.426 bits per heavy atom. The highest BCUT2D eigenvalue weighted by Crippen LogP contribution is 2.53. The number of fused-ring (bicyclic) bond motifs is 11. The van der Waals surface area contributed by atoms with Crippen molar-refractivity contribution in [3.63, 3.8) is 0 Å². The minimum Gasteiger partial charge on any atom is -0.333 e. The second-order valence-electron chi connectivity index (χ2n) is 28.4. The highest BCUT2D eigenvalue weighted by molar-refractivity contribution is 6.88. The van der Waals surface area contributed by atoms with E-state index in [-0.39, 0.29) is 60.8 Å². The fourth-order valence-corrected chi connectivity index (χ4v) is 15.4. The molecule has 484 valence electrons. The molecule has 0 bridgehead atoms. The summed E-state index contributed by atoms with van der Waals surface area (Å²) < 4.78 is 156. The van der Waals surface area contributed by atoms with E-state index in [9.17, 15) is 24.5 Å². The van der Waals surface area contributed by atoms with Crippen molar-refractivity contribution >= 4 is 107 Å². The normalized spacial score (nSPS) is 17.3. The lowest BCUT2D eigenvalue weighted by Gasteiger charge is -2.41. The van der Waals surface area contributed by atoms with Gasteiger partial charge < -0.3 is 23.8 Å². The van der Waals surface area contributed by atoms with Crippen LogP contribution in [0.1, 0.15) is 91.6 Å². The van der Waals surface area contributed by atoms with E-state index in [1.807, 2.05) is 138 Å². The van der Waals surface area contributed by atoms with Crippen LogP contribution in [0.15, 0.2) is 315 Å². The predicted molar refractivity (Wildman–Crippen MR) is 427 cm³/mol. The maximum absolute atomic E-state index is 12.6. The summed E-state index contributed by atoms with van der Waals surface area (Å²) in [5.74, 6) is -1.37. The van der Waals surface area contributed by atoms with E-state index in [4.69, 9.17) is 2.74 Å². The first kappa shape index (κ1) is 46.2. The largest absolute Gasteiger partial charge is 0.333 e. The topological polar surface area (TPSA) is 43.4 Å². The van der Waals surface area contributed by atoms with Gasteiger partial charge in [-0.1, -0.05) is 272 Å². The van der Waals surface area contributed by atoms with Gasteiger partial charge in [0.2, 0.25) is 6.71 Å². The molecule has 2 atom stereocenters. The van der Waals surface area contributed by atoms with Gasteiger partial charge in [0, 0.05) is 73.0 Å². The zero-order valence-corrected chi connectivity index (χ0v) is 56.7. The number of nitrogens with zero attached hydrogens (tertiary/aromatic N) is 6. The molecule has 0 saturated carbocycles. The second kappa shape index (κ2) is 23.8. The summed E-state index contributed by atoms with van der Waals surface area (Å²) in [6.07, 6.45) is 0. The number of allylic oxidation sites excluding steroid dienone is 2. The third-order valence-corrected chi connectivity index (χ3v) is 20.4. The molecule has 0 amide bonds. The van der Waals surface area contributed by atoms with E-state index in [1.54, 1.807) is 17.0 Å². The van der Waals surface area contributed by atoms with Gasteiger partial charge in [-0.05, 0) is 163 Å². The van der Waals surface area contributed by atoms with E-state index in [0.29, 0.717) is 50.7 Å². The number of nitriles is 1. The molecule has 7 heteroatoms. The van der Waals surface area contributed by atoms with Crippen LogP contribution in [-0.2, 0) is 10.8 Å². The van der Waals surface area contributed by atoms with Gasteiger partial charge in [0.15, 0.2) is 0 Å². The summed E-state index contributed by atoms with van der Waals surface area (Å²) in [4.78, 5) is 5.77. The smallest absolute Gasteiger partial charge is 0.214 e. The van der Waals surface area contributed by atoms with Crippen LogP contribution in [0.5, 0.6) is 0 Å². The van der Waals surface area contributed by atoms with Crippen molar-refractivity contribution in [3.8, 4) is 50.8 Å².